The molecule has 16 nitrogen and oxygen atoms in total. The number of amides is 5. The van der Waals surface area contributed by atoms with Gasteiger partial charge in [-0.2, -0.15) is 15.0 Å². The number of imide groups is 1. The van der Waals surface area contributed by atoms with E-state index in [2.05, 4.69) is 30.9 Å². The fourth-order valence-corrected chi connectivity index (χ4v) is 4.60. The summed E-state index contributed by atoms with van der Waals surface area (Å²) >= 11 is 0. The zero-order valence-electron chi connectivity index (χ0n) is 23.6. The van der Waals surface area contributed by atoms with Crippen LogP contribution < -0.4 is 10.6 Å². The molecule has 2 aromatic rings. The molecule has 0 radical (unpaired) electrons. The summed E-state index contributed by atoms with van der Waals surface area (Å²) < 4.78 is 5.51. The maximum atomic E-state index is 13.1. The van der Waals surface area contributed by atoms with Crippen LogP contribution in [0.1, 0.15) is 61.6 Å². The van der Waals surface area contributed by atoms with E-state index in [0.717, 1.165) is 0 Å². The number of rotatable bonds is 10. The lowest BCUT2D eigenvalue weighted by Gasteiger charge is -2.29. The first kappa shape index (κ1) is 30.0. The van der Waals surface area contributed by atoms with Crippen LogP contribution in [0.4, 0.5) is 10.5 Å². The Hall–Kier alpha value is -4.98. The Balaban J connectivity index is 1.39. The average Bonchev–Trinajstić information content (AvgIpc) is 3.51. The summed E-state index contributed by atoms with van der Waals surface area (Å²) in [6.45, 7) is 5.76. The minimum Gasteiger partial charge on any atom is -0.444 e. The average molecular weight is 581 g/mol. The summed E-state index contributed by atoms with van der Waals surface area (Å²) in [7, 11) is 0. The number of carbonyl (C=O) groups excluding carboxylic acids is 5. The van der Waals surface area contributed by atoms with Gasteiger partial charge in [0.1, 0.15) is 11.6 Å². The molecule has 2 aliphatic rings. The van der Waals surface area contributed by atoms with Gasteiger partial charge in [0.05, 0.1) is 25.0 Å². The topological polar surface area (TPSA) is 205 Å². The summed E-state index contributed by atoms with van der Waals surface area (Å²) in [4.78, 5) is 69.7. The van der Waals surface area contributed by atoms with Crippen LogP contribution in [-0.4, -0.2) is 79.2 Å². The number of benzene rings is 1. The Morgan fingerprint density at radius 1 is 1.26 bits per heavy atom. The number of carbonyl (C=O) groups is 5. The Labute approximate surface area is 241 Å². The van der Waals surface area contributed by atoms with Crippen molar-refractivity contribution in [1.82, 2.24) is 30.1 Å². The normalized spacial score (nSPS) is 16.4. The van der Waals surface area contributed by atoms with Crippen LogP contribution in [0.2, 0.25) is 0 Å². The fraction of sp³-hybridized carbons (Fsp3) is 0.500. The molecule has 5 amide bonds. The Bertz CT molecular complexity index is 1440. The quantitative estimate of drug-likeness (QED) is 0.184. The Morgan fingerprint density at radius 3 is 2.76 bits per heavy atom. The summed E-state index contributed by atoms with van der Waals surface area (Å²) in [5.74, 6) is -1.62. The smallest absolute Gasteiger partial charge is 0.410 e. The van der Waals surface area contributed by atoms with E-state index in [-0.39, 0.29) is 63.8 Å². The van der Waals surface area contributed by atoms with E-state index in [1.54, 1.807) is 39.0 Å². The molecule has 0 spiro atoms. The van der Waals surface area contributed by atoms with Crippen molar-refractivity contribution in [2.45, 2.75) is 71.3 Å². The molecule has 0 aliphatic carbocycles. The highest BCUT2D eigenvalue weighted by Crippen LogP contribution is 2.32. The molecule has 1 aromatic heterocycles. The van der Waals surface area contributed by atoms with Crippen LogP contribution in [0.5, 0.6) is 0 Å². The Morgan fingerprint density at radius 2 is 2.05 bits per heavy atom. The van der Waals surface area contributed by atoms with E-state index >= 15 is 0 Å². The van der Waals surface area contributed by atoms with Crippen molar-refractivity contribution >= 4 is 35.4 Å². The van der Waals surface area contributed by atoms with E-state index in [4.69, 9.17) is 10.3 Å². The van der Waals surface area contributed by atoms with Crippen LogP contribution >= 0.6 is 0 Å². The molecule has 16 heteroatoms. The minimum atomic E-state index is -0.770. The fourth-order valence-electron chi connectivity index (χ4n) is 4.60. The number of ether oxygens (including phenoxy) is 1. The standard InChI is InChI=1S/C26H32N10O6/c1-26(2,3)42-25(41)34(11-12-36-29-14-16(32-36)13-28-33-27)10-9-22(38)30-19-6-4-5-17-18(19)15-35(24(17)40)20-7-8-21(37)31-23(20)39/h4-6,14,20H,7-13,15H2,1-3H3,(H,30,38)(H,31,37,39). The third kappa shape index (κ3) is 7.40. The van der Waals surface area contributed by atoms with Gasteiger partial charge in [-0.15, -0.1) is 0 Å². The van der Waals surface area contributed by atoms with Gasteiger partial charge in [0.2, 0.25) is 17.7 Å². The SMILES string of the molecule is CC(C)(C)OC(=O)N(CCC(=O)Nc1cccc2c1CN(C1CCC(=O)NC1=O)C2=O)CCn1ncc(CN=[N+]=[N-])n1. The highest BCUT2D eigenvalue weighted by atomic mass is 16.6. The van der Waals surface area contributed by atoms with E-state index in [0.29, 0.717) is 22.5 Å². The predicted molar refractivity (Wildman–Crippen MR) is 146 cm³/mol. The molecule has 1 unspecified atom stereocenters. The lowest BCUT2D eigenvalue weighted by atomic mass is 10.0. The van der Waals surface area contributed by atoms with Crippen molar-refractivity contribution in [3.05, 3.63) is 51.7 Å². The van der Waals surface area contributed by atoms with Gasteiger partial charge in [0.25, 0.3) is 5.91 Å². The van der Waals surface area contributed by atoms with Gasteiger partial charge in [-0.1, -0.05) is 11.2 Å². The molecule has 1 aromatic carbocycles. The number of hydrogen-bond donors (Lipinski definition) is 2. The molecule has 2 N–H and O–H groups in total. The summed E-state index contributed by atoms with van der Waals surface area (Å²) in [6, 6.07) is 4.17. The molecule has 1 fully saturated rings. The maximum Gasteiger partial charge on any atom is 0.410 e. The maximum absolute atomic E-state index is 13.1. The van der Waals surface area contributed by atoms with Gasteiger partial charge in [0, 0.05) is 54.2 Å². The largest absolute Gasteiger partial charge is 0.444 e. The second-order valence-corrected chi connectivity index (χ2v) is 10.8. The molecule has 2 aliphatic heterocycles. The molecule has 0 saturated carbocycles. The molecule has 4 rings (SSSR count). The number of anilines is 1. The summed E-state index contributed by atoms with van der Waals surface area (Å²) in [6.07, 6.45) is 1.16. The van der Waals surface area contributed by atoms with Gasteiger partial charge < -0.3 is 19.9 Å². The first-order chi connectivity index (χ1) is 19.9. The van der Waals surface area contributed by atoms with Crippen LogP contribution in [0, 0.1) is 0 Å². The van der Waals surface area contributed by atoms with Crippen molar-refractivity contribution in [2.75, 3.05) is 18.4 Å². The van der Waals surface area contributed by atoms with Crippen LogP contribution in [-0.2, 0) is 38.8 Å². The molecular weight excluding hydrogens is 548 g/mol. The highest BCUT2D eigenvalue weighted by Gasteiger charge is 2.40. The number of azide groups is 1. The molecular formula is C26H32N10O6. The molecule has 3 heterocycles. The van der Waals surface area contributed by atoms with Gasteiger partial charge in [0.15, 0.2) is 0 Å². The van der Waals surface area contributed by atoms with Crippen molar-refractivity contribution in [2.24, 2.45) is 5.11 Å². The van der Waals surface area contributed by atoms with Crippen LogP contribution in [0.25, 0.3) is 10.4 Å². The van der Waals surface area contributed by atoms with Crippen molar-refractivity contribution < 1.29 is 28.7 Å². The number of fused-ring (bicyclic) bond motifs is 1. The van der Waals surface area contributed by atoms with Gasteiger partial charge in [-0.05, 0) is 44.9 Å². The number of nitrogens with zero attached hydrogens (tertiary/aromatic N) is 8. The Kier molecular flexibility index (Phi) is 9.06. The van der Waals surface area contributed by atoms with Crippen molar-refractivity contribution in [3.8, 4) is 0 Å². The van der Waals surface area contributed by atoms with Gasteiger partial charge >= 0.3 is 6.09 Å². The highest BCUT2D eigenvalue weighted by molar-refractivity contribution is 6.06. The molecule has 1 atom stereocenters. The third-order valence-corrected chi connectivity index (χ3v) is 6.57. The van der Waals surface area contributed by atoms with Crippen LogP contribution in [0.3, 0.4) is 0 Å². The summed E-state index contributed by atoms with van der Waals surface area (Å²) in [5.41, 5.74) is 9.57. The lowest BCUT2D eigenvalue weighted by molar-refractivity contribution is -0.137. The van der Waals surface area contributed by atoms with E-state index in [1.165, 1.54) is 20.8 Å². The number of aromatic nitrogens is 3. The monoisotopic (exact) mass is 580 g/mol. The predicted octanol–water partition coefficient (Wildman–Crippen LogP) is 2.12. The molecule has 0 bridgehead atoms. The molecule has 1 saturated heterocycles. The number of nitrogens with one attached hydrogen (secondary N) is 2. The number of piperidine rings is 1. The van der Waals surface area contributed by atoms with Crippen molar-refractivity contribution in [3.63, 3.8) is 0 Å². The van der Waals surface area contributed by atoms with Gasteiger partial charge in [-0.25, -0.2) is 4.79 Å². The second-order valence-electron chi connectivity index (χ2n) is 10.8. The minimum absolute atomic E-state index is 0.0317. The molecule has 42 heavy (non-hydrogen) atoms. The van der Waals surface area contributed by atoms with E-state index in [9.17, 15) is 24.0 Å². The zero-order valence-corrected chi connectivity index (χ0v) is 23.6. The first-order valence-corrected chi connectivity index (χ1v) is 13.4. The number of hydrogen-bond acceptors (Lipinski definition) is 9. The zero-order chi connectivity index (χ0) is 30.4. The lowest BCUT2D eigenvalue weighted by Crippen LogP contribution is -2.52. The van der Waals surface area contributed by atoms with Crippen molar-refractivity contribution in [1.29, 1.82) is 0 Å². The van der Waals surface area contributed by atoms with E-state index < -0.39 is 29.6 Å². The summed E-state index contributed by atoms with van der Waals surface area (Å²) in [5, 5.41) is 16.8. The third-order valence-electron chi connectivity index (χ3n) is 6.57. The second kappa shape index (κ2) is 12.7. The molecule has 222 valence electrons. The van der Waals surface area contributed by atoms with Gasteiger partial charge in [-0.3, -0.25) is 24.5 Å². The van der Waals surface area contributed by atoms with E-state index in [1.807, 2.05) is 0 Å². The first-order valence-electron chi connectivity index (χ1n) is 13.4. The van der Waals surface area contributed by atoms with Crippen LogP contribution in [0.15, 0.2) is 29.5 Å².